The lowest BCUT2D eigenvalue weighted by molar-refractivity contribution is 0.707. The summed E-state index contributed by atoms with van der Waals surface area (Å²) in [4.78, 5) is 2.11. The lowest BCUT2D eigenvalue weighted by atomic mass is 10.2. The minimum Gasteiger partial charge on any atom is -0.378 e. The van der Waals surface area contributed by atoms with Gasteiger partial charge in [0.05, 0.1) is 29.3 Å². The van der Waals surface area contributed by atoms with Gasteiger partial charge in [0.15, 0.2) is 0 Å². The number of hydrogen-bond donors (Lipinski definition) is 1. The number of aromatic nitrogens is 2. The molecule has 1 aromatic heterocycles. The summed E-state index contributed by atoms with van der Waals surface area (Å²) in [6, 6.07) is 10.5. The highest BCUT2D eigenvalue weighted by molar-refractivity contribution is 5.69. The van der Waals surface area contributed by atoms with E-state index in [1.54, 1.807) is 0 Å². The van der Waals surface area contributed by atoms with Crippen molar-refractivity contribution in [3.8, 4) is 0 Å². The maximum atomic E-state index is 4.47. The fraction of sp³-hybridized carbons (Fsp3) is 0.400. The molecule has 2 rings (SSSR count). The van der Waals surface area contributed by atoms with E-state index in [0.29, 0.717) is 0 Å². The molecule has 1 N–H and O–H groups in total. The summed E-state index contributed by atoms with van der Waals surface area (Å²) in [7, 11) is 6.10. The van der Waals surface area contributed by atoms with E-state index in [0.717, 1.165) is 24.3 Å². The summed E-state index contributed by atoms with van der Waals surface area (Å²) >= 11 is 0. The molecule has 0 bridgehead atoms. The molecule has 0 radical (unpaired) electrons. The topological polar surface area (TPSA) is 33.1 Å². The lowest BCUT2D eigenvalue weighted by Crippen LogP contribution is -2.12. The maximum absolute atomic E-state index is 4.47. The molecule has 0 aliphatic heterocycles. The third-order valence-corrected chi connectivity index (χ3v) is 3.24. The maximum Gasteiger partial charge on any atom is 0.0625 e. The van der Waals surface area contributed by atoms with Gasteiger partial charge in [-0.15, -0.1) is 0 Å². The molecule has 0 unspecified atom stereocenters. The third-order valence-electron chi connectivity index (χ3n) is 3.24. The average Bonchev–Trinajstić information content (AvgIpc) is 2.77. The van der Waals surface area contributed by atoms with Crippen molar-refractivity contribution in [3.63, 3.8) is 0 Å². The van der Waals surface area contributed by atoms with Gasteiger partial charge in [0.2, 0.25) is 0 Å². The molecule has 0 saturated heterocycles. The van der Waals surface area contributed by atoms with Crippen molar-refractivity contribution in [3.05, 3.63) is 41.7 Å². The van der Waals surface area contributed by atoms with E-state index in [1.807, 2.05) is 11.7 Å². The van der Waals surface area contributed by atoms with Gasteiger partial charge in [0, 0.05) is 21.1 Å². The van der Waals surface area contributed by atoms with Crippen LogP contribution in [0.15, 0.2) is 30.3 Å². The van der Waals surface area contributed by atoms with Gasteiger partial charge < -0.3 is 10.2 Å². The monoisotopic (exact) mass is 258 g/mol. The van der Waals surface area contributed by atoms with Gasteiger partial charge in [-0.3, -0.25) is 4.68 Å². The van der Waals surface area contributed by atoms with Crippen LogP contribution in [0.5, 0.6) is 0 Å². The van der Waals surface area contributed by atoms with Crippen LogP contribution in [-0.4, -0.2) is 23.9 Å². The molecule has 1 heterocycles. The smallest absolute Gasteiger partial charge is 0.0625 e. The lowest BCUT2D eigenvalue weighted by Gasteiger charge is -2.18. The molecule has 19 heavy (non-hydrogen) atoms. The first-order valence-electron chi connectivity index (χ1n) is 6.63. The van der Waals surface area contributed by atoms with E-state index in [9.17, 15) is 0 Å². The van der Waals surface area contributed by atoms with Gasteiger partial charge in [-0.1, -0.05) is 19.1 Å². The summed E-state index contributed by atoms with van der Waals surface area (Å²) < 4.78 is 1.95. The molecule has 4 heteroatoms. The Bertz CT molecular complexity index is 543. The van der Waals surface area contributed by atoms with E-state index < -0.39 is 0 Å². The van der Waals surface area contributed by atoms with E-state index in [2.05, 4.69) is 66.7 Å². The first-order valence-corrected chi connectivity index (χ1v) is 6.63. The number of nitrogens with zero attached hydrogens (tertiary/aromatic N) is 3. The van der Waals surface area contributed by atoms with Gasteiger partial charge in [-0.25, -0.2) is 0 Å². The fourth-order valence-electron chi connectivity index (χ4n) is 2.11. The summed E-state index contributed by atoms with van der Waals surface area (Å²) in [6.07, 6.45) is 0.974. The number of benzene rings is 1. The van der Waals surface area contributed by atoms with Crippen LogP contribution in [0.25, 0.3) is 0 Å². The van der Waals surface area contributed by atoms with Crippen LogP contribution in [0.2, 0.25) is 0 Å². The van der Waals surface area contributed by atoms with Crippen LogP contribution >= 0.6 is 0 Å². The predicted molar refractivity (Wildman–Crippen MR) is 80.7 cm³/mol. The van der Waals surface area contributed by atoms with Crippen molar-refractivity contribution >= 4 is 11.4 Å². The fourth-order valence-corrected chi connectivity index (χ4v) is 2.11. The highest BCUT2D eigenvalue weighted by Crippen LogP contribution is 2.24. The van der Waals surface area contributed by atoms with Gasteiger partial charge in [0.25, 0.3) is 0 Å². The zero-order valence-electron chi connectivity index (χ0n) is 12.1. The summed E-state index contributed by atoms with van der Waals surface area (Å²) in [6.45, 7) is 2.91. The zero-order valence-corrected chi connectivity index (χ0v) is 12.1. The average molecular weight is 258 g/mol. The van der Waals surface area contributed by atoms with Gasteiger partial charge in [-0.05, 0) is 24.6 Å². The molecule has 1 aromatic carbocycles. The second-order valence-electron chi connectivity index (χ2n) is 4.87. The molecule has 0 aliphatic rings. The SMILES string of the molecule is CCc1cc(CNc2ccccc2N(C)C)n(C)n1. The van der Waals surface area contributed by atoms with E-state index in [-0.39, 0.29) is 0 Å². The number of anilines is 2. The number of rotatable bonds is 5. The van der Waals surface area contributed by atoms with E-state index >= 15 is 0 Å². The van der Waals surface area contributed by atoms with Crippen LogP contribution in [0.4, 0.5) is 11.4 Å². The Morgan fingerprint density at radius 3 is 2.63 bits per heavy atom. The Kier molecular flexibility index (Phi) is 4.10. The van der Waals surface area contributed by atoms with Crippen molar-refractivity contribution in [2.45, 2.75) is 19.9 Å². The second kappa shape index (κ2) is 5.78. The molecular weight excluding hydrogens is 236 g/mol. The molecule has 0 spiro atoms. The Morgan fingerprint density at radius 2 is 2.00 bits per heavy atom. The van der Waals surface area contributed by atoms with Gasteiger partial charge in [0.1, 0.15) is 0 Å². The Balaban J connectivity index is 2.12. The van der Waals surface area contributed by atoms with Crippen molar-refractivity contribution < 1.29 is 0 Å². The number of para-hydroxylation sites is 2. The van der Waals surface area contributed by atoms with Gasteiger partial charge in [-0.2, -0.15) is 5.10 Å². The van der Waals surface area contributed by atoms with Crippen molar-refractivity contribution in [1.82, 2.24) is 9.78 Å². The third kappa shape index (κ3) is 3.08. The normalized spacial score (nSPS) is 10.5. The summed E-state index contributed by atoms with van der Waals surface area (Å²) in [5.41, 5.74) is 4.68. The molecule has 4 nitrogen and oxygen atoms in total. The predicted octanol–water partition coefficient (Wildman–Crippen LogP) is 2.66. The van der Waals surface area contributed by atoms with Crippen molar-refractivity contribution in [2.24, 2.45) is 7.05 Å². The Hall–Kier alpha value is -1.97. The van der Waals surface area contributed by atoms with E-state index in [1.165, 1.54) is 11.4 Å². The molecule has 0 fully saturated rings. The second-order valence-corrected chi connectivity index (χ2v) is 4.87. The van der Waals surface area contributed by atoms with Crippen molar-refractivity contribution in [2.75, 3.05) is 24.3 Å². The Morgan fingerprint density at radius 1 is 1.26 bits per heavy atom. The van der Waals surface area contributed by atoms with Crippen LogP contribution in [0, 0.1) is 0 Å². The number of nitrogens with one attached hydrogen (secondary N) is 1. The van der Waals surface area contributed by atoms with E-state index in [4.69, 9.17) is 0 Å². The van der Waals surface area contributed by atoms with Crippen LogP contribution in [-0.2, 0) is 20.0 Å². The molecule has 0 amide bonds. The molecule has 102 valence electrons. The minimum absolute atomic E-state index is 0.786. The van der Waals surface area contributed by atoms with Crippen LogP contribution in [0.1, 0.15) is 18.3 Å². The van der Waals surface area contributed by atoms with Crippen LogP contribution in [0.3, 0.4) is 0 Å². The first-order chi connectivity index (χ1) is 9.11. The molecular formula is C15H22N4. The molecule has 0 atom stereocenters. The Labute approximate surface area is 115 Å². The molecule has 2 aromatic rings. The van der Waals surface area contributed by atoms with Crippen molar-refractivity contribution in [1.29, 1.82) is 0 Å². The number of hydrogen-bond acceptors (Lipinski definition) is 3. The highest BCUT2D eigenvalue weighted by Gasteiger charge is 2.06. The molecule has 0 aliphatic carbocycles. The first kappa shape index (κ1) is 13.5. The largest absolute Gasteiger partial charge is 0.378 e. The standard InChI is InChI=1S/C15H22N4/c1-5-12-10-13(19(4)17-12)11-16-14-8-6-7-9-15(14)18(2)3/h6-10,16H,5,11H2,1-4H3. The highest BCUT2D eigenvalue weighted by atomic mass is 15.3. The quantitative estimate of drug-likeness (QED) is 0.895. The summed E-state index contributed by atoms with van der Waals surface area (Å²) in [5.74, 6) is 0. The zero-order chi connectivity index (χ0) is 13.8. The van der Waals surface area contributed by atoms with Gasteiger partial charge >= 0.3 is 0 Å². The summed E-state index contributed by atoms with van der Waals surface area (Å²) in [5, 5.41) is 7.95. The minimum atomic E-state index is 0.786. The molecule has 0 saturated carbocycles. The van der Waals surface area contributed by atoms with Crippen LogP contribution < -0.4 is 10.2 Å². The number of aryl methyl sites for hydroxylation is 2.